The maximum Gasteiger partial charge on any atom is 0.305 e. The van der Waals surface area contributed by atoms with Crippen LogP contribution in [0.3, 0.4) is 0 Å². The molecule has 0 amide bonds. The fourth-order valence-corrected chi connectivity index (χ4v) is 2.23. The molecule has 0 saturated heterocycles. The Hall–Kier alpha value is -1.05. The average Bonchev–Trinajstić information content (AvgIpc) is 2.50. The Morgan fingerprint density at radius 3 is 1.90 bits per heavy atom. The minimum atomic E-state index is -0.0769. The first-order chi connectivity index (χ1) is 10.3. The van der Waals surface area contributed by atoms with Crippen LogP contribution in [0.4, 0.5) is 0 Å². The highest BCUT2D eigenvalue weighted by molar-refractivity contribution is 5.68. The minimum Gasteiger partial charge on any atom is -0.469 e. The Balaban J connectivity index is 3.13. The highest BCUT2D eigenvalue weighted by atomic mass is 16.5. The van der Waals surface area contributed by atoms with Gasteiger partial charge < -0.3 is 4.74 Å². The molecule has 0 radical (unpaired) electrons. The molecule has 0 N–H and O–H groups in total. The molecule has 0 aliphatic rings. The Morgan fingerprint density at radius 2 is 1.29 bits per heavy atom. The van der Waals surface area contributed by atoms with Crippen molar-refractivity contribution < 1.29 is 9.53 Å². The highest BCUT2D eigenvalue weighted by Crippen LogP contribution is 2.10. The first-order valence-electron chi connectivity index (χ1n) is 8.68. The molecule has 0 atom stereocenters. The van der Waals surface area contributed by atoms with E-state index in [1.54, 1.807) is 0 Å². The Morgan fingerprint density at radius 1 is 0.762 bits per heavy atom. The minimum absolute atomic E-state index is 0.0769. The number of allylic oxidation sites excluding steroid dienone is 4. The van der Waals surface area contributed by atoms with Gasteiger partial charge in [0.2, 0.25) is 0 Å². The fourth-order valence-electron chi connectivity index (χ4n) is 2.23. The summed E-state index contributed by atoms with van der Waals surface area (Å²) in [6.07, 6.45) is 23.1. The van der Waals surface area contributed by atoms with Crippen molar-refractivity contribution >= 4 is 5.97 Å². The third kappa shape index (κ3) is 16.9. The molecule has 0 fully saturated rings. The molecule has 0 heterocycles. The second kappa shape index (κ2) is 17.0. The van der Waals surface area contributed by atoms with Gasteiger partial charge in [-0.1, -0.05) is 63.3 Å². The summed E-state index contributed by atoms with van der Waals surface area (Å²) >= 11 is 0. The molecule has 0 rings (SSSR count). The fraction of sp³-hybridized carbons (Fsp3) is 0.737. The van der Waals surface area contributed by atoms with Crippen LogP contribution in [0.1, 0.15) is 84.0 Å². The van der Waals surface area contributed by atoms with E-state index in [4.69, 9.17) is 0 Å². The summed E-state index contributed by atoms with van der Waals surface area (Å²) in [7, 11) is 1.46. The molecule has 0 aromatic heterocycles. The van der Waals surface area contributed by atoms with Crippen LogP contribution in [-0.4, -0.2) is 13.1 Å². The summed E-state index contributed by atoms with van der Waals surface area (Å²) in [5.74, 6) is -0.0769. The van der Waals surface area contributed by atoms with Crippen molar-refractivity contribution in [2.75, 3.05) is 7.11 Å². The van der Waals surface area contributed by atoms with E-state index in [9.17, 15) is 4.79 Å². The maximum atomic E-state index is 10.9. The first kappa shape index (κ1) is 19.9. The number of carbonyl (C=O) groups excluding carboxylic acids is 1. The molecule has 0 spiro atoms. The van der Waals surface area contributed by atoms with Crippen molar-refractivity contribution in [1.82, 2.24) is 0 Å². The van der Waals surface area contributed by atoms with Crippen LogP contribution in [0.2, 0.25) is 0 Å². The van der Waals surface area contributed by atoms with E-state index < -0.39 is 0 Å². The quantitative estimate of drug-likeness (QED) is 0.224. The highest BCUT2D eigenvalue weighted by Gasteiger charge is 1.98. The molecule has 0 saturated carbocycles. The molecule has 0 bridgehead atoms. The van der Waals surface area contributed by atoms with Crippen LogP contribution in [0.15, 0.2) is 24.3 Å². The molecule has 0 aliphatic carbocycles. The largest absolute Gasteiger partial charge is 0.469 e. The van der Waals surface area contributed by atoms with Gasteiger partial charge in [-0.15, -0.1) is 0 Å². The summed E-state index contributed by atoms with van der Waals surface area (Å²) in [5, 5.41) is 0. The summed E-state index contributed by atoms with van der Waals surface area (Å²) in [4.78, 5) is 10.9. The molecule has 2 heteroatoms. The van der Waals surface area contributed by atoms with Crippen molar-refractivity contribution in [1.29, 1.82) is 0 Å². The summed E-state index contributed by atoms with van der Waals surface area (Å²) < 4.78 is 4.62. The molecule has 0 aromatic rings. The number of esters is 1. The number of unbranched alkanes of at least 4 members (excludes halogenated alkanes) is 8. The Kier molecular flexibility index (Phi) is 16.2. The van der Waals surface area contributed by atoms with Gasteiger partial charge in [-0.3, -0.25) is 4.79 Å². The third-order valence-electron chi connectivity index (χ3n) is 3.55. The predicted molar refractivity (Wildman–Crippen MR) is 91.4 cm³/mol. The van der Waals surface area contributed by atoms with Crippen LogP contribution in [0.25, 0.3) is 0 Å². The second-order valence-electron chi connectivity index (χ2n) is 5.52. The lowest BCUT2D eigenvalue weighted by atomic mass is 10.1. The molecule has 0 aliphatic heterocycles. The number of rotatable bonds is 14. The van der Waals surface area contributed by atoms with Crippen molar-refractivity contribution in [2.24, 2.45) is 0 Å². The zero-order valence-corrected chi connectivity index (χ0v) is 14.1. The zero-order valence-electron chi connectivity index (χ0n) is 14.1. The Bertz CT molecular complexity index is 279. The third-order valence-corrected chi connectivity index (χ3v) is 3.55. The van der Waals surface area contributed by atoms with E-state index in [2.05, 4.69) is 36.0 Å². The van der Waals surface area contributed by atoms with Gasteiger partial charge in [0.25, 0.3) is 0 Å². The number of ether oxygens (including phenoxy) is 1. The summed E-state index contributed by atoms with van der Waals surface area (Å²) in [6.45, 7) is 2.17. The molecule has 0 aromatic carbocycles. The van der Waals surface area contributed by atoms with Gasteiger partial charge in [0.1, 0.15) is 0 Å². The average molecular weight is 294 g/mol. The number of hydrogen-bond acceptors (Lipinski definition) is 2. The van der Waals surface area contributed by atoms with E-state index in [0.717, 1.165) is 19.3 Å². The monoisotopic (exact) mass is 294 g/mol. The smallest absolute Gasteiger partial charge is 0.305 e. The van der Waals surface area contributed by atoms with Crippen LogP contribution in [0, 0.1) is 0 Å². The van der Waals surface area contributed by atoms with Gasteiger partial charge in [0.05, 0.1) is 7.11 Å². The topological polar surface area (TPSA) is 26.3 Å². The van der Waals surface area contributed by atoms with Crippen molar-refractivity contribution in [3.8, 4) is 0 Å². The lowest BCUT2D eigenvalue weighted by Gasteiger charge is -2.01. The van der Waals surface area contributed by atoms with Crippen LogP contribution in [0.5, 0.6) is 0 Å². The lowest BCUT2D eigenvalue weighted by molar-refractivity contribution is -0.140. The first-order valence-corrected chi connectivity index (χ1v) is 8.68. The SMILES string of the molecule is CC/C=C\CC/C=C\CCCCCCCCCC(=O)OC. The van der Waals surface area contributed by atoms with Crippen LogP contribution >= 0.6 is 0 Å². The van der Waals surface area contributed by atoms with E-state index in [0.29, 0.717) is 6.42 Å². The number of carbonyl (C=O) groups is 1. The van der Waals surface area contributed by atoms with Gasteiger partial charge in [-0.05, 0) is 38.5 Å². The zero-order chi connectivity index (χ0) is 15.6. The molecule has 122 valence electrons. The molecule has 0 unspecified atom stereocenters. The van der Waals surface area contributed by atoms with Gasteiger partial charge in [-0.2, -0.15) is 0 Å². The number of hydrogen-bond donors (Lipinski definition) is 0. The van der Waals surface area contributed by atoms with E-state index in [-0.39, 0.29) is 5.97 Å². The summed E-state index contributed by atoms with van der Waals surface area (Å²) in [5.41, 5.74) is 0. The molecule has 21 heavy (non-hydrogen) atoms. The maximum absolute atomic E-state index is 10.9. The van der Waals surface area contributed by atoms with Gasteiger partial charge >= 0.3 is 5.97 Å². The van der Waals surface area contributed by atoms with Gasteiger partial charge in [0.15, 0.2) is 0 Å². The molecule has 2 nitrogen and oxygen atoms in total. The van der Waals surface area contributed by atoms with E-state index in [1.807, 2.05) is 0 Å². The Labute approximate surface area is 131 Å². The van der Waals surface area contributed by atoms with Crippen LogP contribution in [-0.2, 0) is 9.53 Å². The van der Waals surface area contributed by atoms with E-state index in [1.165, 1.54) is 58.5 Å². The van der Waals surface area contributed by atoms with E-state index >= 15 is 0 Å². The second-order valence-corrected chi connectivity index (χ2v) is 5.52. The predicted octanol–water partition coefficient (Wildman–Crippen LogP) is 5.97. The normalized spacial score (nSPS) is 11.5. The lowest BCUT2D eigenvalue weighted by Crippen LogP contribution is -1.99. The summed E-state index contributed by atoms with van der Waals surface area (Å²) in [6, 6.07) is 0. The molecular formula is C19H34O2. The number of methoxy groups -OCH3 is 1. The standard InChI is InChI=1S/C19H34O2/c1-3-4-5-6-7-8-9-10-11-12-13-14-15-16-17-18-19(20)21-2/h4-5,8-9H,3,6-7,10-18H2,1-2H3/b5-4-,9-8-. The molecular weight excluding hydrogens is 260 g/mol. The van der Waals surface area contributed by atoms with Gasteiger partial charge in [-0.25, -0.2) is 0 Å². The van der Waals surface area contributed by atoms with Crippen LogP contribution < -0.4 is 0 Å². The van der Waals surface area contributed by atoms with Gasteiger partial charge in [0, 0.05) is 6.42 Å². The van der Waals surface area contributed by atoms with Crippen molar-refractivity contribution in [3.63, 3.8) is 0 Å². The van der Waals surface area contributed by atoms with Crippen molar-refractivity contribution in [2.45, 2.75) is 84.0 Å². The van der Waals surface area contributed by atoms with Crippen molar-refractivity contribution in [3.05, 3.63) is 24.3 Å².